The van der Waals surface area contributed by atoms with Crippen LogP contribution in [0.25, 0.3) is 0 Å². The van der Waals surface area contributed by atoms with Crippen LogP contribution in [-0.4, -0.2) is 18.9 Å². The molecule has 2 aromatic rings. The second-order valence-corrected chi connectivity index (χ2v) is 7.49. The number of Topliss-reactive ketones (excluding diaryl/α,β-unsaturated/α-hetero) is 1. The maximum Gasteiger partial charge on any atom is 0.416 e. The number of nitrogens with zero attached hydrogens (tertiary/aromatic N) is 1. The zero-order valence-electron chi connectivity index (χ0n) is 17.0. The molecule has 0 radical (unpaired) electrons. The van der Waals surface area contributed by atoms with E-state index in [0.29, 0.717) is 18.1 Å². The van der Waals surface area contributed by atoms with Crippen LogP contribution < -0.4 is 4.90 Å². The van der Waals surface area contributed by atoms with Crippen LogP contribution in [0.15, 0.2) is 67.3 Å². The van der Waals surface area contributed by atoms with Crippen LogP contribution >= 0.6 is 0 Å². The SMILES string of the molecule is C=CCC1CN(c2ccc(C(C)C)cc2)CCC1=O.FC(F)(F)c1ccccc1. The summed E-state index contributed by atoms with van der Waals surface area (Å²) < 4.78 is 35.4. The van der Waals surface area contributed by atoms with Crippen LogP contribution in [0, 0.1) is 5.92 Å². The highest BCUT2D eigenvalue weighted by Gasteiger charge is 2.29. The maximum absolute atomic E-state index is 11.8. The molecule has 2 aromatic carbocycles. The number of benzene rings is 2. The highest BCUT2D eigenvalue weighted by atomic mass is 19.4. The lowest BCUT2D eigenvalue weighted by Crippen LogP contribution is -2.40. The van der Waals surface area contributed by atoms with Gasteiger partial charge in [0.15, 0.2) is 0 Å². The number of rotatable bonds is 4. The number of hydrogen-bond donors (Lipinski definition) is 0. The van der Waals surface area contributed by atoms with Crippen molar-refractivity contribution in [2.45, 2.75) is 38.8 Å². The second kappa shape index (κ2) is 10.3. The molecule has 5 heteroatoms. The summed E-state index contributed by atoms with van der Waals surface area (Å²) in [5.74, 6) is 1.07. The van der Waals surface area contributed by atoms with E-state index < -0.39 is 11.7 Å². The number of carbonyl (C=O) groups excluding carboxylic acids is 1. The van der Waals surface area contributed by atoms with Crippen molar-refractivity contribution in [1.29, 1.82) is 0 Å². The standard InChI is InChI=1S/C17H23NO.C7H5F3/c1-4-5-15-12-18(11-10-17(15)19)16-8-6-14(7-9-16)13(2)3;8-7(9,10)6-4-2-1-3-5-6/h4,6-9,13,15H,1,5,10-12H2,2-3H3;1-5H. The summed E-state index contributed by atoms with van der Waals surface area (Å²) in [6.45, 7) is 9.82. The summed E-state index contributed by atoms with van der Waals surface area (Å²) in [5.41, 5.74) is 1.99. The number of halogens is 3. The Balaban J connectivity index is 0.000000253. The van der Waals surface area contributed by atoms with Gasteiger partial charge in [-0.1, -0.05) is 62.4 Å². The first-order chi connectivity index (χ1) is 13.7. The van der Waals surface area contributed by atoms with Gasteiger partial charge in [-0.25, -0.2) is 0 Å². The summed E-state index contributed by atoms with van der Waals surface area (Å²) in [7, 11) is 0. The highest BCUT2D eigenvalue weighted by molar-refractivity contribution is 5.83. The Labute approximate surface area is 171 Å². The molecular weight excluding hydrogens is 375 g/mol. The molecule has 2 nitrogen and oxygen atoms in total. The van der Waals surface area contributed by atoms with E-state index in [2.05, 4.69) is 49.6 Å². The molecule has 1 heterocycles. The van der Waals surface area contributed by atoms with E-state index in [1.54, 1.807) is 6.07 Å². The first-order valence-electron chi connectivity index (χ1n) is 9.83. The Hall–Kier alpha value is -2.56. The molecule has 1 aliphatic heterocycles. The van der Waals surface area contributed by atoms with E-state index >= 15 is 0 Å². The molecule has 0 amide bonds. The van der Waals surface area contributed by atoms with E-state index in [4.69, 9.17) is 0 Å². The maximum atomic E-state index is 11.8. The third kappa shape index (κ3) is 6.77. The predicted octanol–water partition coefficient (Wildman–Crippen LogP) is 6.49. The Kier molecular flexibility index (Phi) is 8.06. The Bertz CT molecular complexity index is 782. The molecule has 1 aliphatic rings. The molecule has 0 bridgehead atoms. The molecule has 1 saturated heterocycles. The fourth-order valence-electron chi connectivity index (χ4n) is 3.25. The lowest BCUT2D eigenvalue weighted by atomic mass is 9.93. The minimum atomic E-state index is -4.21. The smallest absolute Gasteiger partial charge is 0.370 e. The number of carbonyl (C=O) groups is 1. The van der Waals surface area contributed by atoms with Gasteiger partial charge in [-0.2, -0.15) is 13.2 Å². The van der Waals surface area contributed by atoms with Crippen molar-refractivity contribution in [1.82, 2.24) is 0 Å². The van der Waals surface area contributed by atoms with Crippen molar-refractivity contribution in [2.75, 3.05) is 18.0 Å². The minimum absolute atomic E-state index is 0.121. The molecule has 1 unspecified atom stereocenters. The summed E-state index contributed by atoms with van der Waals surface area (Å²) >= 11 is 0. The number of hydrogen-bond acceptors (Lipinski definition) is 2. The topological polar surface area (TPSA) is 20.3 Å². The van der Waals surface area contributed by atoms with Gasteiger partial charge in [-0.3, -0.25) is 4.79 Å². The van der Waals surface area contributed by atoms with E-state index in [1.165, 1.54) is 23.4 Å². The number of anilines is 1. The number of ketones is 1. The fraction of sp³-hybridized carbons (Fsp3) is 0.375. The van der Waals surface area contributed by atoms with Gasteiger partial charge >= 0.3 is 6.18 Å². The van der Waals surface area contributed by atoms with Crippen molar-refractivity contribution in [3.05, 3.63) is 78.4 Å². The molecule has 3 rings (SSSR count). The third-order valence-corrected chi connectivity index (χ3v) is 5.00. The monoisotopic (exact) mass is 403 g/mol. The van der Waals surface area contributed by atoms with Crippen LogP contribution in [0.4, 0.5) is 18.9 Å². The van der Waals surface area contributed by atoms with Gasteiger partial charge in [0.1, 0.15) is 5.78 Å². The average molecular weight is 403 g/mol. The molecule has 0 saturated carbocycles. The summed E-state index contributed by atoms with van der Waals surface area (Å²) in [6, 6.07) is 15.1. The second-order valence-electron chi connectivity index (χ2n) is 7.49. The normalized spacial score (nSPS) is 17.0. The van der Waals surface area contributed by atoms with Gasteiger partial charge in [0.2, 0.25) is 0 Å². The van der Waals surface area contributed by atoms with Crippen LogP contribution in [-0.2, 0) is 11.0 Å². The van der Waals surface area contributed by atoms with E-state index in [1.807, 2.05) is 6.08 Å². The number of piperidine rings is 1. The van der Waals surface area contributed by atoms with Crippen molar-refractivity contribution in [3.63, 3.8) is 0 Å². The average Bonchev–Trinajstić information content (AvgIpc) is 2.70. The summed E-state index contributed by atoms with van der Waals surface area (Å²) in [6.07, 6.45) is -0.904. The van der Waals surface area contributed by atoms with Crippen molar-refractivity contribution in [3.8, 4) is 0 Å². The first kappa shape index (κ1) is 22.7. The van der Waals surface area contributed by atoms with Gasteiger partial charge in [0.05, 0.1) is 5.56 Å². The van der Waals surface area contributed by atoms with Gasteiger partial charge in [-0.05, 0) is 30.0 Å². The Morgan fingerprint density at radius 2 is 1.72 bits per heavy atom. The van der Waals surface area contributed by atoms with Gasteiger partial charge < -0.3 is 4.90 Å². The van der Waals surface area contributed by atoms with E-state index in [-0.39, 0.29) is 5.92 Å². The van der Waals surface area contributed by atoms with Crippen LogP contribution in [0.1, 0.15) is 43.7 Å². The van der Waals surface area contributed by atoms with Gasteiger partial charge in [0.25, 0.3) is 0 Å². The van der Waals surface area contributed by atoms with Crippen LogP contribution in [0.3, 0.4) is 0 Å². The third-order valence-electron chi connectivity index (χ3n) is 5.00. The molecule has 0 spiro atoms. The lowest BCUT2D eigenvalue weighted by Gasteiger charge is -2.33. The molecule has 0 aliphatic carbocycles. The van der Waals surface area contributed by atoms with Crippen LogP contribution in [0.5, 0.6) is 0 Å². The quantitative estimate of drug-likeness (QED) is 0.544. The minimum Gasteiger partial charge on any atom is -0.370 e. The van der Waals surface area contributed by atoms with Crippen molar-refractivity contribution in [2.24, 2.45) is 5.92 Å². The zero-order chi connectivity index (χ0) is 21.4. The molecule has 0 N–H and O–H groups in total. The number of allylic oxidation sites excluding steroid dienone is 1. The largest absolute Gasteiger partial charge is 0.416 e. The fourth-order valence-corrected chi connectivity index (χ4v) is 3.25. The molecule has 156 valence electrons. The Morgan fingerprint density at radius 3 is 2.21 bits per heavy atom. The first-order valence-corrected chi connectivity index (χ1v) is 9.83. The zero-order valence-corrected chi connectivity index (χ0v) is 17.0. The van der Waals surface area contributed by atoms with E-state index in [0.717, 1.165) is 31.6 Å². The summed E-state index contributed by atoms with van der Waals surface area (Å²) in [4.78, 5) is 14.1. The van der Waals surface area contributed by atoms with Crippen molar-refractivity contribution >= 4 is 11.5 Å². The molecular formula is C24H28F3NO. The highest BCUT2D eigenvalue weighted by Crippen LogP contribution is 2.28. The van der Waals surface area contributed by atoms with E-state index in [9.17, 15) is 18.0 Å². The Morgan fingerprint density at radius 1 is 1.10 bits per heavy atom. The van der Waals surface area contributed by atoms with Gasteiger partial charge in [-0.15, -0.1) is 6.58 Å². The lowest BCUT2D eigenvalue weighted by molar-refractivity contribution is -0.137. The van der Waals surface area contributed by atoms with Crippen LogP contribution in [0.2, 0.25) is 0 Å². The molecule has 0 aromatic heterocycles. The molecule has 29 heavy (non-hydrogen) atoms. The molecule has 1 atom stereocenters. The molecule has 1 fully saturated rings. The van der Waals surface area contributed by atoms with Crippen molar-refractivity contribution < 1.29 is 18.0 Å². The number of alkyl halides is 3. The van der Waals surface area contributed by atoms with Gasteiger partial charge in [0, 0.05) is 31.1 Å². The summed E-state index contributed by atoms with van der Waals surface area (Å²) in [5, 5.41) is 0. The predicted molar refractivity (Wildman–Crippen MR) is 112 cm³/mol.